The normalized spacial score (nSPS) is 17.6. The molecule has 2 aromatic heterocycles. The van der Waals surface area contributed by atoms with Gasteiger partial charge in [-0.25, -0.2) is 0 Å². The van der Waals surface area contributed by atoms with Gasteiger partial charge < -0.3 is 14.7 Å². The molecule has 0 saturated carbocycles. The third-order valence-electron chi connectivity index (χ3n) is 3.66. The number of carbonyl (C=O) groups is 1. The molecule has 0 unspecified atom stereocenters. The van der Waals surface area contributed by atoms with Gasteiger partial charge in [-0.05, 0) is 38.0 Å². The fraction of sp³-hybridized carbons (Fsp3) is 0.333. The number of hydrogen-bond acceptors (Lipinski definition) is 3. The van der Waals surface area contributed by atoms with Crippen LogP contribution < -0.4 is 10.9 Å². The van der Waals surface area contributed by atoms with Crippen molar-refractivity contribution in [2.75, 3.05) is 0 Å². The first-order valence-corrected chi connectivity index (χ1v) is 6.72. The van der Waals surface area contributed by atoms with Crippen LogP contribution in [0.4, 0.5) is 0 Å². The first-order valence-electron chi connectivity index (χ1n) is 6.72. The molecule has 2 N–H and O–H groups in total. The van der Waals surface area contributed by atoms with Crippen molar-refractivity contribution < 1.29 is 9.21 Å². The second-order valence-electron chi connectivity index (χ2n) is 5.10. The Morgan fingerprint density at radius 3 is 3.05 bits per heavy atom. The van der Waals surface area contributed by atoms with Crippen LogP contribution in [0.5, 0.6) is 0 Å². The minimum atomic E-state index is -0.356. The number of H-pyrrole nitrogens is 1. The van der Waals surface area contributed by atoms with E-state index in [4.69, 9.17) is 4.42 Å². The van der Waals surface area contributed by atoms with Gasteiger partial charge >= 0.3 is 0 Å². The van der Waals surface area contributed by atoms with Crippen LogP contribution in [-0.4, -0.2) is 10.9 Å². The maximum atomic E-state index is 12.2. The Bertz CT molecular complexity index is 699. The zero-order valence-electron chi connectivity index (χ0n) is 11.2. The Kier molecular flexibility index (Phi) is 3.18. The van der Waals surface area contributed by atoms with Crippen LogP contribution in [0.3, 0.4) is 0 Å². The van der Waals surface area contributed by atoms with Gasteiger partial charge in [-0.15, -0.1) is 0 Å². The molecule has 1 aliphatic carbocycles. The maximum absolute atomic E-state index is 12.2. The van der Waals surface area contributed by atoms with Gasteiger partial charge in [0.05, 0.1) is 12.3 Å². The lowest BCUT2D eigenvalue weighted by Gasteiger charge is -2.22. The number of fused-ring (bicyclic) bond motifs is 1. The highest BCUT2D eigenvalue weighted by Crippen LogP contribution is 2.30. The summed E-state index contributed by atoms with van der Waals surface area (Å²) in [6, 6.07) is 5.09. The highest BCUT2D eigenvalue weighted by Gasteiger charge is 2.25. The van der Waals surface area contributed by atoms with Crippen LogP contribution >= 0.6 is 0 Å². The molecule has 1 amide bonds. The number of pyridine rings is 1. The van der Waals surface area contributed by atoms with E-state index in [2.05, 4.69) is 10.3 Å². The fourth-order valence-corrected chi connectivity index (χ4v) is 2.62. The van der Waals surface area contributed by atoms with Gasteiger partial charge in [0.25, 0.3) is 11.5 Å². The lowest BCUT2D eigenvalue weighted by Crippen LogP contribution is -2.34. The first kappa shape index (κ1) is 12.7. The average Bonchev–Trinajstić information content (AvgIpc) is 2.87. The second-order valence-corrected chi connectivity index (χ2v) is 5.10. The quantitative estimate of drug-likeness (QED) is 0.879. The molecule has 5 heteroatoms. The Morgan fingerprint density at radius 1 is 1.40 bits per heavy atom. The predicted molar refractivity (Wildman–Crippen MR) is 73.7 cm³/mol. The summed E-state index contributed by atoms with van der Waals surface area (Å²) in [5.74, 6) is 0.588. The van der Waals surface area contributed by atoms with E-state index in [0.717, 1.165) is 36.3 Å². The number of aryl methyl sites for hydroxylation is 2. The Labute approximate surface area is 116 Å². The van der Waals surface area contributed by atoms with Crippen LogP contribution in [0, 0.1) is 6.92 Å². The van der Waals surface area contributed by atoms with E-state index >= 15 is 0 Å². The maximum Gasteiger partial charge on any atom is 0.260 e. The molecular formula is C15H16N2O3. The monoisotopic (exact) mass is 272 g/mol. The van der Waals surface area contributed by atoms with Gasteiger partial charge in [-0.2, -0.15) is 0 Å². The van der Waals surface area contributed by atoms with Crippen LogP contribution in [0.15, 0.2) is 33.7 Å². The SMILES string of the molecule is Cc1ccc(C(=O)N[C@@H]2CCCc3occc32)c(=O)[nH]1. The lowest BCUT2D eigenvalue weighted by atomic mass is 9.93. The summed E-state index contributed by atoms with van der Waals surface area (Å²) in [5.41, 5.74) is 1.55. The van der Waals surface area contributed by atoms with Gasteiger partial charge in [0.1, 0.15) is 11.3 Å². The van der Waals surface area contributed by atoms with Crippen LogP contribution in [0.1, 0.15) is 46.3 Å². The lowest BCUT2D eigenvalue weighted by molar-refractivity contribution is 0.0930. The number of furan rings is 1. The summed E-state index contributed by atoms with van der Waals surface area (Å²) < 4.78 is 5.39. The molecule has 0 bridgehead atoms. The summed E-state index contributed by atoms with van der Waals surface area (Å²) in [6.07, 6.45) is 4.38. The van der Waals surface area contributed by atoms with Gasteiger partial charge in [0.15, 0.2) is 0 Å². The van der Waals surface area contributed by atoms with E-state index in [1.807, 2.05) is 6.07 Å². The molecule has 0 spiro atoms. The van der Waals surface area contributed by atoms with Gasteiger partial charge in [0, 0.05) is 17.7 Å². The standard InChI is InChI=1S/C15H16N2O3/c1-9-5-6-11(14(18)16-9)15(19)17-12-3-2-4-13-10(12)7-8-20-13/h5-8,12H,2-4H2,1H3,(H,16,18)(H,17,19)/t12-/m1/s1. The van der Waals surface area contributed by atoms with Crippen molar-refractivity contribution in [1.29, 1.82) is 0 Å². The minimum Gasteiger partial charge on any atom is -0.469 e. The van der Waals surface area contributed by atoms with Crippen molar-refractivity contribution in [2.24, 2.45) is 0 Å². The van der Waals surface area contributed by atoms with Crippen LogP contribution in [0.2, 0.25) is 0 Å². The first-order chi connectivity index (χ1) is 9.65. The van der Waals surface area contributed by atoms with E-state index in [-0.39, 0.29) is 23.1 Å². The van der Waals surface area contributed by atoms with Crippen molar-refractivity contribution in [2.45, 2.75) is 32.2 Å². The number of rotatable bonds is 2. The van der Waals surface area contributed by atoms with E-state index in [9.17, 15) is 9.59 Å². The van der Waals surface area contributed by atoms with E-state index in [1.54, 1.807) is 25.3 Å². The zero-order valence-corrected chi connectivity index (χ0v) is 11.2. The van der Waals surface area contributed by atoms with Crippen LogP contribution in [-0.2, 0) is 6.42 Å². The zero-order chi connectivity index (χ0) is 14.1. The van der Waals surface area contributed by atoms with Crippen LogP contribution in [0.25, 0.3) is 0 Å². The molecule has 5 nitrogen and oxygen atoms in total. The third kappa shape index (κ3) is 2.27. The summed E-state index contributed by atoms with van der Waals surface area (Å²) in [7, 11) is 0. The Balaban J connectivity index is 1.82. The highest BCUT2D eigenvalue weighted by atomic mass is 16.3. The number of carbonyl (C=O) groups excluding carboxylic acids is 1. The van der Waals surface area contributed by atoms with Crippen molar-refractivity contribution in [3.05, 3.63) is 57.4 Å². The molecule has 104 valence electrons. The van der Waals surface area contributed by atoms with Crippen molar-refractivity contribution in [3.63, 3.8) is 0 Å². The third-order valence-corrected chi connectivity index (χ3v) is 3.66. The molecule has 2 heterocycles. The Hall–Kier alpha value is -2.30. The summed E-state index contributed by atoms with van der Waals surface area (Å²) in [5, 5.41) is 2.92. The number of aromatic amines is 1. The molecule has 1 aliphatic rings. The molecule has 20 heavy (non-hydrogen) atoms. The largest absolute Gasteiger partial charge is 0.469 e. The molecule has 2 aromatic rings. The molecule has 0 radical (unpaired) electrons. The molecule has 0 fully saturated rings. The minimum absolute atomic E-state index is 0.0781. The molecule has 1 atom stereocenters. The second kappa shape index (κ2) is 5.00. The highest BCUT2D eigenvalue weighted by molar-refractivity contribution is 5.94. The van der Waals surface area contributed by atoms with Gasteiger partial charge in [0.2, 0.25) is 0 Å². The smallest absolute Gasteiger partial charge is 0.260 e. The molecule has 0 saturated heterocycles. The number of aromatic nitrogens is 1. The summed E-state index contributed by atoms with van der Waals surface area (Å²) >= 11 is 0. The van der Waals surface area contributed by atoms with E-state index in [1.165, 1.54) is 0 Å². The molecular weight excluding hydrogens is 256 g/mol. The van der Waals surface area contributed by atoms with E-state index < -0.39 is 0 Å². The van der Waals surface area contributed by atoms with Crippen molar-refractivity contribution in [3.8, 4) is 0 Å². The van der Waals surface area contributed by atoms with Crippen molar-refractivity contribution in [1.82, 2.24) is 10.3 Å². The fourth-order valence-electron chi connectivity index (χ4n) is 2.62. The van der Waals surface area contributed by atoms with Gasteiger partial charge in [-0.1, -0.05) is 0 Å². The topological polar surface area (TPSA) is 75.1 Å². The van der Waals surface area contributed by atoms with E-state index in [0.29, 0.717) is 0 Å². The summed E-state index contributed by atoms with van der Waals surface area (Å²) in [4.78, 5) is 26.6. The molecule has 3 rings (SSSR count). The molecule has 0 aromatic carbocycles. The number of hydrogen-bond donors (Lipinski definition) is 2. The Morgan fingerprint density at radius 2 is 2.25 bits per heavy atom. The molecule has 0 aliphatic heterocycles. The number of amides is 1. The van der Waals surface area contributed by atoms with Gasteiger partial charge in [-0.3, -0.25) is 9.59 Å². The predicted octanol–water partition coefficient (Wildman–Crippen LogP) is 2.08. The number of nitrogens with one attached hydrogen (secondary N) is 2. The van der Waals surface area contributed by atoms with Crippen molar-refractivity contribution >= 4 is 5.91 Å². The summed E-state index contributed by atoms with van der Waals surface area (Å²) in [6.45, 7) is 1.78. The average molecular weight is 272 g/mol.